The highest BCUT2D eigenvalue weighted by molar-refractivity contribution is 8.00. The van der Waals surface area contributed by atoms with Gasteiger partial charge < -0.3 is 10.3 Å². The second-order valence-corrected chi connectivity index (χ2v) is 8.28. The van der Waals surface area contributed by atoms with Crippen LogP contribution in [0.1, 0.15) is 19.4 Å². The smallest absolute Gasteiger partial charge is 0.318 e. The maximum atomic E-state index is 12.4. The summed E-state index contributed by atoms with van der Waals surface area (Å²) in [5, 5.41) is 2.94. The monoisotopic (exact) mass is 416 g/mol. The molecule has 6 nitrogen and oxygen atoms in total. The number of rotatable bonds is 6. The van der Waals surface area contributed by atoms with Crippen LogP contribution in [0.25, 0.3) is 11.0 Å². The first-order valence-corrected chi connectivity index (χ1v) is 10.1. The quantitative estimate of drug-likeness (QED) is 0.593. The molecule has 28 heavy (non-hydrogen) atoms. The molecule has 0 saturated heterocycles. The number of halogens is 1. The molecule has 1 heterocycles. The lowest BCUT2D eigenvalue weighted by Gasteiger charge is -2.19. The van der Waals surface area contributed by atoms with Crippen LogP contribution in [0.4, 0.5) is 4.79 Å². The Morgan fingerprint density at radius 3 is 2.57 bits per heavy atom. The van der Waals surface area contributed by atoms with Crippen LogP contribution < -0.4 is 11.1 Å². The van der Waals surface area contributed by atoms with Crippen molar-refractivity contribution < 1.29 is 9.59 Å². The van der Waals surface area contributed by atoms with Crippen LogP contribution in [0.3, 0.4) is 0 Å². The number of imide groups is 1. The van der Waals surface area contributed by atoms with Gasteiger partial charge in [0.25, 0.3) is 0 Å². The number of aromatic nitrogens is 2. The Hall–Kier alpha value is -2.51. The average Bonchev–Trinajstić information content (AvgIpc) is 2.96. The molecule has 0 saturated carbocycles. The summed E-state index contributed by atoms with van der Waals surface area (Å²) in [7, 11) is 0. The third kappa shape index (κ3) is 4.66. The fraction of sp³-hybridized carbons (Fsp3) is 0.250. The number of fused-ring (bicyclic) bond motifs is 1. The summed E-state index contributed by atoms with van der Waals surface area (Å²) in [6, 6.07) is 14.7. The molecule has 3 N–H and O–H groups in total. The summed E-state index contributed by atoms with van der Waals surface area (Å²) >= 11 is 7.45. The van der Waals surface area contributed by atoms with Crippen molar-refractivity contribution in [3.63, 3.8) is 0 Å². The van der Waals surface area contributed by atoms with E-state index in [2.05, 4.69) is 9.88 Å². The lowest BCUT2D eigenvalue weighted by atomic mass is 10.1. The van der Waals surface area contributed by atoms with Gasteiger partial charge in [0.1, 0.15) is 0 Å². The van der Waals surface area contributed by atoms with Gasteiger partial charge in [0.15, 0.2) is 5.16 Å². The molecule has 2 aromatic carbocycles. The normalized spacial score (nSPS) is 12.3. The van der Waals surface area contributed by atoms with Gasteiger partial charge in [0, 0.05) is 5.02 Å². The van der Waals surface area contributed by atoms with Crippen LogP contribution in [0.2, 0.25) is 5.02 Å². The van der Waals surface area contributed by atoms with E-state index >= 15 is 0 Å². The van der Waals surface area contributed by atoms with E-state index in [-0.39, 0.29) is 5.92 Å². The number of urea groups is 1. The van der Waals surface area contributed by atoms with Crippen LogP contribution in [0.15, 0.2) is 53.7 Å². The SMILES string of the molecule is CC(C)C(Sc1nc2cc(Cl)ccc2n1Cc1ccccc1)C(=O)NC(N)=O. The first kappa shape index (κ1) is 20.2. The molecule has 0 radical (unpaired) electrons. The summed E-state index contributed by atoms with van der Waals surface area (Å²) in [5.41, 5.74) is 7.91. The number of hydrogen-bond donors (Lipinski definition) is 2. The fourth-order valence-electron chi connectivity index (χ4n) is 2.89. The predicted octanol–water partition coefficient (Wildman–Crippen LogP) is 4.05. The highest BCUT2D eigenvalue weighted by Gasteiger charge is 2.27. The van der Waals surface area contributed by atoms with E-state index in [4.69, 9.17) is 22.3 Å². The van der Waals surface area contributed by atoms with Crippen LogP contribution in [0, 0.1) is 5.92 Å². The number of hydrogen-bond acceptors (Lipinski definition) is 4. The lowest BCUT2D eigenvalue weighted by molar-refractivity contribution is -0.120. The molecular formula is C20H21ClN4O2S. The van der Waals surface area contributed by atoms with Gasteiger partial charge in [-0.25, -0.2) is 9.78 Å². The molecular weight excluding hydrogens is 396 g/mol. The third-order valence-electron chi connectivity index (χ3n) is 4.20. The zero-order chi connectivity index (χ0) is 20.3. The molecule has 1 unspecified atom stereocenters. The number of carbonyl (C=O) groups is 2. The van der Waals surface area contributed by atoms with Crippen molar-refractivity contribution >= 4 is 46.3 Å². The minimum atomic E-state index is -0.860. The van der Waals surface area contributed by atoms with Crippen LogP contribution in [-0.4, -0.2) is 26.7 Å². The number of imidazole rings is 1. The molecule has 0 spiro atoms. The molecule has 3 amide bonds. The van der Waals surface area contributed by atoms with Crippen LogP contribution >= 0.6 is 23.4 Å². The van der Waals surface area contributed by atoms with E-state index < -0.39 is 17.2 Å². The van der Waals surface area contributed by atoms with Crippen molar-refractivity contribution in [1.29, 1.82) is 0 Å². The Kier molecular flexibility index (Phi) is 6.26. The van der Waals surface area contributed by atoms with Gasteiger partial charge in [0.2, 0.25) is 5.91 Å². The Bertz CT molecular complexity index is 1000. The van der Waals surface area contributed by atoms with Crippen LogP contribution in [-0.2, 0) is 11.3 Å². The minimum absolute atomic E-state index is 0.0297. The minimum Gasteiger partial charge on any atom is -0.351 e. The summed E-state index contributed by atoms with van der Waals surface area (Å²) in [5.74, 6) is -0.457. The first-order valence-electron chi connectivity index (χ1n) is 8.82. The summed E-state index contributed by atoms with van der Waals surface area (Å²) in [6.45, 7) is 4.43. The molecule has 0 bridgehead atoms. The molecule has 0 aliphatic rings. The molecule has 146 valence electrons. The Morgan fingerprint density at radius 1 is 1.21 bits per heavy atom. The number of nitrogens with two attached hydrogens (primary N) is 1. The number of amides is 3. The molecule has 0 aliphatic carbocycles. The first-order chi connectivity index (χ1) is 13.3. The van der Waals surface area contributed by atoms with E-state index in [0.29, 0.717) is 16.7 Å². The second kappa shape index (κ2) is 8.67. The molecule has 3 rings (SSSR count). The number of carbonyl (C=O) groups excluding carboxylic acids is 2. The molecule has 0 fully saturated rings. The molecule has 1 atom stereocenters. The summed E-state index contributed by atoms with van der Waals surface area (Å²) < 4.78 is 2.05. The van der Waals surface area contributed by atoms with Crippen molar-refractivity contribution in [3.8, 4) is 0 Å². The number of nitrogens with zero attached hydrogens (tertiary/aromatic N) is 2. The highest BCUT2D eigenvalue weighted by Crippen LogP contribution is 2.32. The van der Waals surface area contributed by atoms with Gasteiger partial charge in [-0.2, -0.15) is 0 Å². The van der Waals surface area contributed by atoms with Crippen LogP contribution in [0.5, 0.6) is 0 Å². The maximum Gasteiger partial charge on any atom is 0.318 e. The van der Waals surface area contributed by atoms with Gasteiger partial charge >= 0.3 is 6.03 Å². The molecule has 3 aromatic rings. The van der Waals surface area contributed by atoms with Crippen molar-refractivity contribution in [2.45, 2.75) is 30.8 Å². The van der Waals surface area contributed by atoms with E-state index in [1.54, 1.807) is 6.07 Å². The summed E-state index contributed by atoms with van der Waals surface area (Å²) in [6.07, 6.45) is 0. The zero-order valence-electron chi connectivity index (χ0n) is 15.6. The van der Waals surface area contributed by atoms with E-state index in [9.17, 15) is 9.59 Å². The van der Waals surface area contributed by atoms with Crippen molar-refractivity contribution in [1.82, 2.24) is 14.9 Å². The molecule has 0 aliphatic heterocycles. The lowest BCUT2D eigenvalue weighted by Crippen LogP contribution is -2.42. The Labute approximate surface area is 172 Å². The van der Waals surface area contributed by atoms with E-state index in [1.165, 1.54) is 11.8 Å². The van der Waals surface area contributed by atoms with Gasteiger partial charge in [-0.05, 0) is 29.7 Å². The van der Waals surface area contributed by atoms with Gasteiger partial charge in [-0.1, -0.05) is 67.5 Å². The molecule has 1 aromatic heterocycles. The van der Waals surface area contributed by atoms with Gasteiger partial charge in [-0.15, -0.1) is 0 Å². The van der Waals surface area contributed by atoms with Gasteiger partial charge in [-0.3, -0.25) is 10.1 Å². The summed E-state index contributed by atoms with van der Waals surface area (Å²) in [4.78, 5) is 28.3. The maximum absolute atomic E-state index is 12.4. The molecule has 8 heteroatoms. The third-order valence-corrected chi connectivity index (χ3v) is 5.97. The Morgan fingerprint density at radius 2 is 1.93 bits per heavy atom. The standard InChI is InChI=1S/C20H21ClN4O2S/c1-12(2)17(18(26)24-19(22)27)28-20-23-15-10-14(21)8-9-16(15)25(20)11-13-6-4-3-5-7-13/h3-10,12,17H,11H2,1-2H3,(H3,22,24,26,27). The predicted molar refractivity (Wildman–Crippen MR) is 112 cm³/mol. The van der Waals surface area contributed by atoms with Crippen molar-refractivity contribution in [2.24, 2.45) is 11.7 Å². The largest absolute Gasteiger partial charge is 0.351 e. The number of thioether (sulfide) groups is 1. The second-order valence-electron chi connectivity index (χ2n) is 6.74. The number of nitrogens with one attached hydrogen (secondary N) is 1. The van der Waals surface area contributed by atoms with Gasteiger partial charge in [0.05, 0.1) is 22.8 Å². The van der Waals surface area contributed by atoms with E-state index in [0.717, 1.165) is 16.6 Å². The average molecular weight is 417 g/mol. The highest BCUT2D eigenvalue weighted by atomic mass is 35.5. The zero-order valence-corrected chi connectivity index (χ0v) is 17.1. The van der Waals surface area contributed by atoms with Crippen molar-refractivity contribution in [3.05, 3.63) is 59.1 Å². The fourth-order valence-corrected chi connectivity index (χ4v) is 4.16. The number of primary amides is 1. The van der Waals surface area contributed by atoms with E-state index in [1.807, 2.05) is 56.3 Å². The topological polar surface area (TPSA) is 90.0 Å². The van der Waals surface area contributed by atoms with Crippen molar-refractivity contribution in [2.75, 3.05) is 0 Å². The Balaban J connectivity index is 2.02. The number of benzene rings is 2.